The van der Waals surface area contributed by atoms with Gasteiger partial charge in [-0.3, -0.25) is 0 Å². The summed E-state index contributed by atoms with van der Waals surface area (Å²) in [5, 5.41) is 9.05. The van der Waals surface area contributed by atoms with Crippen molar-refractivity contribution in [2.45, 2.75) is 25.5 Å². The Morgan fingerprint density at radius 2 is 2.13 bits per heavy atom. The highest BCUT2D eigenvalue weighted by molar-refractivity contribution is 5.24. The molecule has 1 aromatic carbocycles. The van der Waals surface area contributed by atoms with Gasteiger partial charge in [0.15, 0.2) is 11.6 Å². The predicted octanol–water partition coefficient (Wildman–Crippen LogP) is 1.30. The van der Waals surface area contributed by atoms with Crippen molar-refractivity contribution in [3.63, 3.8) is 0 Å². The molecule has 0 heterocycles. The standard InChI is InChI=1S/C11H16FNO2/c1-2-9(13)11(7-14)15-10-6-4-3-5-8(10)12/h3-6,9,11,14H,2,7,13H2,1H3. The van der Waals surface area contributed by atoms with Gasteiger partial charge in [-0.1, -0.05) is 19.1 Å². The van der Waals surface area contributed by atoms with Crippen molar-refractivity contribution < 1.29 is 14.2 Å². The van der Waals surface area contributed by atoms with Crippen LogP contribution in [0.25, 0.3) is 0 Å². The van der Waals surface area contributed by atoms with Crippen molar-refractivity contribution in [3.8, 4) is 5.75 Å². The van der Waals surface area contributed by atoms with Crippen LogP contribution in [-0.4, -0.2) is 23.9 Å². The van der Waals surface area contributed by atoms with Gasteiger partial charge in [0.25, 0.3) is 0 Å². The van der Waals surface area contributed by atoms with Gasteiger partial charge in [0.05, 0.1) is 6.61 Å². The highest BCUT2D eigenvalue weighted by Crippen LogP contribution is 2.18. The van der Waals surface area contributed by atoms with Crippen LogP contribution in [0.3, 0.4) is 0 Å². The average molecular weight is 213 g/mol. The Balaban J connectivity index is 2.71. The molecule has 2 atom stereocenters. The van der Waals surface area contributed by atoms with E-state index < -0.39 is 11.9 Å². The fourth-order valence-electron chi connectivity index (χ4n) is 1.23. The molecule has 0 saturated carbocycles. The van der Waals surface area contributed by atoms with E-state index in [9.17, 15) is 4.39 Å². The lowest BCUT2D eigenvalue weighted by Crippen LogP contribution is -2.41. The lowest BCUT2D eigenvalue weighted by atomic mass is 10.1. The second kappa shape index (κ2) is 5.68. The number of hydrogen-bond donors (Lipinski definition) is 2. The normalized spacial score (nSPS) is 14.7. The zero-order chi connectivity index (χ0) is 11.3. The van der Waals surface area contributed by atoms with E-state index in [0.29, 0.717) is 6.42 Å². The van der Waals surface area contributed by atoms with Crippen molar-refractivity contribution >= 4 is 0 Å². The molecular weight excluding hydrogens is 197 g/mol. The van der Waals surface area contributed by atoms with E-state index in [1.807, 2.05) is 6.92 Å². The predicted molar refractivity (Wildman–Crippen MR) is 56.2 cm³/mol. The molecule has 1 rings (SSSR count). The third-order valence-corrected chi connectivity index (χ3v) is 2.24. The second-order valence-electron chi connectivity index (χ2n) is 3.34. The molecule has 15 heavy (non-hydrogen) atoms. The van der Waals surface area contributed by atoms with Crippen LogP contribution in [0.1, 0.15) is 13.3 Å². The van der Waals surface area contributed by atoms with Crippen molar-refractivity contribution in [1.29, 1.82) is 0 Å². The largest absolute Gasteiger partial charge is 0.483 e. The third kappa shape index (κ3) is 3.18. The number of ether oxygens (including phenoxy) is 1. The number of aliphatic hydroxyl groups excluding tert-OH is 1. The first kappa shape index (κ1) is 11.9. The van der Waals surface area contributed by atoms with Crippen LogP contribution in [0.4, 0.5) is 4.39 Å². The van der Waals surface area contributed by atoms with E-state index >= 15 is 0 Å². The Morgan fingerprint density at radius 1 is 1.47 bits per heavy atom. The minimum absolute atomic E-state index is 0.125. The summed E-state index contributed by atoms with van der Waals surface area (Å²) < 4.78 is 18.5. The Hall–Kier alpha value is -1.13. The molecule has 0 fully saturated rings. The summed E-state index contributed by atoms with van der Waals surface area (Å²) in [6, 6.07) is 5.77. The summed E-state index contributed by atoms with van der Waals surface area (Å²) in [5.41, 5.74) is 5.72. The summed E-state index contributed by atoms with van der Waals surface area (Å²) in [5.74, 6) is -0.320. The van der Waals surface area contributed by atoms with E-state index in [2.05, 4.69) is 0 Å². The van der Waals surface area contributed by atoms with E-state index in [0.717, 1.165) is 0 Å². The zero-order valence-corrected chi connectivity index (χ0v) is 8.69. The highest BCUT2D eigenvalue weighted by Gasteiger charge is 2.18. The summed E-state index contributed by atoms with van der Waals surface area (Å²) in [4.78, 5) is 0. The lowest BCUT2D eigenvalue weighted by Gasteiger charge is -2.22. The molecule has 0 amide bonds. The number of para-hydroxylation sites is 1. The molecule has 0 saturated heterocycles. The van der Waals surface area contributed by atoms with Crippen molar-refractivity contribution in [3.05, 3.63) is 30.1 Å². The van der Waals surface area contributed by atoms with Gasteiger partial charge in [-0.2, -0.15) is 0 Å². The van der Waals surface area contributed by atoms with Crippen molar-refractivity contribution in [2.24, 2.45) is 5.73 Å². The van der Waals surface area contributed by atoms with Crippen molar-refractivity contribution in [2.75, 3.05) is 6.61 Å². The molecule has 3 nitrogen and oxygen atoms in total. The molecule has 0 spiro atoms. The molecule has 0 aromatic heterocycles. The molecule has 0 bridgehead atoms. The summed E-state index contributed by atoms with van der Waals surface area (Å²) in [6.45, 7) is 1.67. The van der Waals surface area contributed by atoms with Gasteiger partial charge in [0.1, 0.15) is 6.10 Å². The molecule has 1 aromatic rings. The van der Waals surface area contributed by atoms with Gasteiger partial charge >= 0.3 is 0 Å². The van der Waals surface area contributed by atoms with Crippen LogP contribution < -0.4 is 10.5 Å². The SMILES string of the molecule is CCC(N)C(CO)Oc1ccccc1F. The van der Waals surface area contributed by atoms with Gasteiger partial charge in [-0.05, 0) is 18.6 Å². The molecule has 4 heteroatoms. The van der Waals surface area contributed by atoms with E-state index in [1.165, 1.54) is 12.1 Å². The number of rotatable bonds is 5. The van der Waals surface area contributed by atoms with Crippen LogP contribution >= 0.6 is 0 Å². The van der Waals surface area contributed by atoms with E-state index in [1.54, 1.807) is 12.1 Å². The number of hydrogen-bond acceptors (Lipinski definition) is 3. The Bertz CT molecular complexity index is 306. The van der Waals surface area contributed by atoms with E-state index in [4.69, 9.17) is 15.6 Å². The maximum absolute atomic E-state index is 13.2. The second-order valence-corrected chi connectivity index (χ2v) is 3.34. The lowest BCUT2D eigenvalue weighted by molar-refractivity contribution is 0.0896. The quantitative estimate of drug-likeness (QED) is 0.775. The summed E-state index contributed by atoms with van der Waals surface area (Å²) in [6.07, 6.45) is 0.103. The molecule has 2 unspecified atom stereocenters. The zero-order valence-electron chi connectivity index (χ0n) is 8.69. The molecule has 3 N–H and O–H groups in total. The fourth-order valence-corrected chi connectivity index (χ4v) is 1.23. The van der Waals surface area contributed by atoms with Crippen LogP contribution in [-0.2, 0) is 0 Å². The number of aliphatic hydroxyl groups is 1. The minimum atomic E-state index is -0.563. The minimum Gasteiger partial charge on any atom is -0.483 e. The Kier molecular flexibility index (Phi) is 4.52. The summed E-state index contributed by atoms with van der Waals surface area (Å²) in [7, 11) is 0. The third-order valence-electron chi connectivity index (χ3n) is 2.24. The molecular formula is C11H16FNO2. The Labute approximate surface area is 88.7 Å². The monoisotopic (exact) mass is 213 g/mol. The Morgan fingerprint density at radius 3 is 2.67 bits per heavy atom. The molecule has 0 aliphatic carbocycles. The summed E-state index contributed by atoms with van der Waals surface area (Å²) >= 11 is 0. The number of halogens is 1. The van der Waals surface area contributed by atoms with Crippen LogP contribution in [0, 0.1) is 5.82 Å². The first-order valence-corrected chi connectivity index (χ1v) is 4.96. The van der Waals surface area contributed by atoms with Gasteiger partial charge in [-0.15, -0.1) is 0 Å². The average Bonchev–Trinajstić information content (AvgIpc) is 2.27. The number of nitrogens with two attached hydrogens (primary N) is 1. The fraction of sp³-hybridized carbons (Fsp3) is 0.455. The highest BCUT2D eigenvalue weighted by atomic mass is 19.1. The van der Waals surface area contributed by atoms with Crippen LogP contribution in [0.5, 0.6) is 5.75 Å². The van der Waals surface area contributed by atoms with Gasteiger partial charge in [0, 0.05) is 6.04 Å². The molecule has 0 aliphatic heterocycles. The van der Waals surface area contributed by atoms with Crippen molar-refractivity contribution in [1.82, 2.24) is 0 Å². The maximum Gasteiger partial charge on any atom is 0.165 e. The van der Waals surface area contributed by atoms with Gasteiger partial charge < -0.3 is 15.6 Å². The maximum atomic E-state index is 13.2. The van der Waals surface area contributed by atoms with Gasteiger partial charge in [-0.25, -0.2) is 4.39 Å². The van der Waals surface area contributed by atoms with Crippen LogP contribution in [0.15, 0.2) is 24.3 Å². The number of benzene rings is 1. The first-order chi connectivity index (χ1) is 7.19. The molecule has 0 aliphatic rings. The smallest absolute Gasteiger partial charge is 0.165 e. The topological polar surface area (TPSA) is 55.5 Å². The van der Waals surface area contributed by atoms with Gasteiger partial charge in [0.2, 0.25) is 0 Å². The molecule has 84 valence electrons. The van der Waals surface area contributed by atoms with E-state index in [-0.39, 0.29) is 18.4 Å². The van der Waals surface area contributed by atoms with Crippen LogP contribution in [0.2, 0.25) is 0 Å². The first-order valence-electron chi connectivity index (χ1n) is 4.96. The molecule has 0 radical (unpaired) electrons.